The number of hydrogen-bond acceptors (Lipinski definition) is 8. The zero-order valence-corrected chi connectivity index (χ0v) is 18.4. The Hall–Kier alpha value is -3.91. The van der Waals surface area contributed by atoms with Gasteiger partial charge in [0.15, 0.2) is 5.96 Å². The molecule has 3 amide bonds. The van der Waals surface area contributed by atoms with Crippen LogP contribution in [-0.2, 0) is 25.6 Å². The second-order valence-corrected chi connectivity index (χ2v) is 7.35. The van der Waals surface area contributed by atoms with E-state index in [2.05, 4.69) is 20.9 Å². The largest absolute Gasteiger partial charge is 0.508 e. The highest BCUT2D eigenvalue weighted by molar-refractivity contribution is 5.92. The van der Waals surface area contributed by atoms with Gasteiger partial charge < -0.3 is 48.5 Å². The molecule has 0 spiro atoms. The first-order chi connectivity index (χ1) is 16.0. The summed E-state index contributed by atoms with van der Waals surface area (Å²) in [6.45, 7) is -1.15. The fourth-order valence-electron chi connectivity index (χ4n) is 2.75. The van der Waals surface area contributed by atoms with E-state index in [0.29, 0.717) is 12.0 Å². The molecule has 0 aliphatic heterocycles. The normalized spacial score (nSPS) is 13.1. The fraction of sp³-hybridized carbons (Fsp3) is 0.450. The average molecular weight is 482 g/mol. The van der Waals surface area contributed by atoms with Crippen molar-refractivity contribution in [3.05, 3.63) is 29.8 Å². The van der Waals surface area contributed by atoms with Crippen LogP contribution >= 0.6 is 0 Å². The third-order valence-corrected chi connectivity index (χ3v) is 4.55. The molecular formula is C20H31N7O7. The average Bonchev–Trinajstić information content (AvgIpc) is 2.78. The van der Waals surface area contributed by atoms with Gasteiger partial charge in [-0.25, -0.2) is 4.79 Å². The van der Waals surface area contributed by atoms with Crippen molar-refractivity contribution < 1.29 is 34.5 Å². The zero-order valence-electron chi connectivity index (χ0n) is 18.4. The van der Waals surface area contributed by atoms with Crippen LogP contribution in [0.15, 0.2) is 29.3 Å². The third kappa shape index (κ3) is 10.6. The zero-order chi connectivity index (χ0) is 25.7. The molecule has 12 N–H and O–H groups in total. The van der Waals surface area contributed by atoms with Crippen LogP contribution in [0.3, 0.4) is 0 Å². The Balaban J connectivity index is 2.51. The van der Waals surface area contributed by atoms with Crippen LogP contribution in [0.25, 0.3) is 0 Å². The lowest BCUT2D eigenvalue weighted by Crippen LogP contribution is -2.55. The minimum absolute atomic E-state index is 0.0556. The van der Waals surface area contributed by atoms with Gasteiger partial charge in [0.2, 0.25) is 17.7 Å². The van der Waals surface area contributed by atoms with E-state index in [-0.39, 0.29) is 31.1 Å². The van der Waals surface area contributed by atoms with Crippen molar-refractivity contribution in [2.24, 2.45) is 22.2 Å². The van der Waals surface area contributed by atoms with Crippen LogP contribution in [0.2, 0.25) is 0 Å². The highest BCUT2D eigenvalue weighted by Crippen LogP contribution is 2.11. The Kier molecular flexibility index (Phi) is 11.8. The SMILES string of the molecule is NC(N)=NCCCC(NC(=O)CNC(=O)C(CO)NC(=O)C(N)Cc1ccc(O)cc1)C(=O)O. The summed E-state index contributed by atoms with van der Waals surface area (Å²) in [6, 6.07) is 2.42. The Labute approximate surface area is 195 Å². The van der Waals surface area contributed by atoms with Crippen molar-refractivity contribution in [2.75, 3.05) is 19.7 Å². The Morgan fingerprint density at radius 3 is 2.21 bits per heavy atom. The number of hydrogen-bond donors (Lipinski definition) is 9. The molecule has 14 heteroatoms. The van der Waals surface area contributed by atoms with Gasteiger partial charge in [-0.05, 0) is 37.0 Å². The van der Waals surface area contributed by atoms with Gasteiger partial charge in [-0.15, -0.1) is 0 Å². The molecule has 0 bridgehead atoms. The number of carboxylic acids is 1. The van der Waals surface area contributed by atoms with Crippen molar-refractivity contribution in [3.8, 4) is 5.75 Å². The highest BCUT2D eigenvalue weighted by Gasteiger charge is 2.25. The summed E-state index contributed by atoms with van der Waals surface area (Å²) in [7, 11) is 0. The van der Waals surface area contributed by atoms with Crippen LogP contribution in [0.5, 0.6) is 5.75 Å². The Morgan fingerprint density at radius 1 is 1.00 bits per heavy atom. The molecule has 0 aliphatic carbocycles. The molecule has 14 nitrogen and oxygen atoms in total. The molecule has 0 radical (unpaired) electrons. The predicted molar refractivity (Wildman–Crippen MR) is 121 cm³/mol. The molecule has 0 heterocycles. The van der Waals surface area contributed by atoms with Crippen molar-refractivity contribution >= 4 is 29.7 Å². The number of amides is 3. The third-order valence-electron chi connectivity index (χ3n) is 4.55. The number of phenols is 1. The molecule has 188 valence electrons. The standard InChI is InChI=1S/C20H31N7O7/c21-13(8-11-3-5-12(29)6-4-11)17(31)27-15(10-28)18(32)25-9-16(30)26-14(19(33)34)2-1-7-24-20(22)23/h3-6,13-15,28-29H,1-2,7-10,21H2,(H,25,32)(H,26,30)(H,27,31)(H,33,34)(H4,22,23,24). The molecule has 0 saturated carbocycles. The smallest absolute Gasteiger partial charge is 0.326 e. The summed E-state index contributed by atoms with van der Waals surface area (Å²) in [5.74, 6) is -3.70. The molecule has 0 fully saturated rings. The van der Waals surface area contributed by atoms with E-state index >= 15 is 0 Å². The number of nitrogens with zero attached hydrogens (tertiary/aromatic N) is 1. The number of nitrogens with two attached hydrogens (primary N) is 3. The second-order valence-electron chi connectivity index (χ2n) is 7.35. The molecule has 3 atom stereocenters. The summed E-state index contributed by atoms with van der Waals surface area (Å²) < 4.78 is 0. The number of aliphatic imine (C=N–C) groups is 1. The molecule has 1 aromatic rings. The number of aliphatic hydroxyl groups is 1. The van der Waals surface area contributed by atoms with Gasteiger partial charge in [0.1, 0.15) is 17.8 Å². The van der Waals surface area contributed by atoms with E-state index in [1.165, 1.54) is 12.1 Å². The molecule has 0 aromatic heterocycles. The van der Waals surface area contributed by atoms with Gasteiger partial charge >= 0.3 is 5.97 Å². The molecule has 34 heavy (non-hydrogen) atoms. The lowest BCUT2D eigenvalue weighted by atomic mass is 10.1. The number of carbonyl (C=O) groups excluding carboxylic acids is 3. The number of aromatic hydroxyl groups is 1. The summed E-state index contributed by atoms with van der Waals surface area (Å²) in [4.78, 5) is 51.5. The fourth-order valence-corrected chi connectivity index (χ4v) is 2.75. The summed E-state index contributed by atoms with van der Waals surface area (Å²) >= 11 is 0. The number of phenolic OH excluding ortho intramolecular Hbond substituents is 1. The molecule has 1 rings (SSSR count). The van der Waals surface area contributed by atoms with Crippen LogP contribution in [0, 0.1) is 0 Å². The quantitative estimate of drug-likeness (QED) is 0.0718. The molecule has 3 unspecified atom stereocenters. The van der Waals surface area contributed by atoms with Crippen LogP contribution in [0.1, 0.15) is 18.4 Å². The maximum absolute atomic E-state index is 12.3. The van der Waals surface area contributed by atoms with Crippen LogP contribution < -0.4 is 33.2 Å². The summed E-state index contributed by atoms with van der Waals surface area (Å²) in [5.41, 5.74) is 16.9. The van der Waals surface area contributed by atoms with Crippen LogP contribution in [0.4, 0.5) is 0 Å². The number of benzene rings is 1. The number of aliphatic hydroxyl groups excluding tert-OH is 1. The van der Waals surface area contributed by atoms with E-state index in [0.717, 1.165) is 0 Å². The van der Waals surface area contributed by atoms with Crippen molar-refractivity contribution in [3.63, 3.8) is 0 Å². The number of rotatable bonds is 14. The second kappa shape index (κ2) is 14.3. The monoisotopic (exact) mass is 481 g/mol. The molecule has 0 aliphatic rings. The number of carbonyl (C=O) groups is 4. The van der Waals surface area contributed by atoms with Gasteiger partial charge in [-0.3, -0.25) is 19.4 Å². The van der Waals surface area contributed by atoms with E-state index < -0.39 is 55.0 Å². The number of carboxylic acid groups (broad SMARTS) is 1. The van der Waals surface area contributed by atoms with Crippen molar-refractivity contribution in [2.45, 2.75) is 37.4 Å². The van der Waals surface area contributed by atoms with Gasteiger partial charge in [0.25, 0.3) is 0 Å². The first-order valence-electron chi connectivity index (χ1n) is 10.3. The van der Waals surface area contributed by atoms with Gasteiger partial charge in [0, 0.05) is 6.54 Å². The van der Waals surface area contributed by atoms with E-state index in [1.807, 2.05) is 0 Å². The molecule has 1 aromatic carbocycles. The van der Waals surface area contributed by atoms with Gasteiger partial charge in [-0.1, -0.05) is 12.1 Å². The van der Waals surface area contributed by atoms with E-state index in [4.69, 9.17) is 17.2 Å². The van der Waals surface area contributed by atoms with Gasteiger partial charge in [-0.2, -0.15) is 0 Å². The lowest BCUT2D eigenvalue weighted by molar-refractivity contribution is -0.142. The molecule has 0 saturated heterocycles. The summed E-state index contributed by atoms with van der Waals surface area (Å²) in [6.07, 6.45) is 0.471. The number of nitrogens with one attached hydrogen (secondary N) is 3. The minimum atomic E-state index is -1.37. The Morgan fingerprint density at radius 2 is 1.65 bits per heavy atom. The Bertz CT molecular complexity index is 873. The van der Waals surface area contributed by atoms with Crippen LogP contribution in [-0.4, -0.2) is 82.8 Å². The summed E-state index contributed by atoms with van der Waals surface area (Å²) in [5, 5.41) is 34.7. The highest BCUT2D eigenvalue weighted by atomic mass is 16.4. The molecular weight excluding hydrogens is 450 g/mol. The van der Waals surface area contributed by atoms with Crippen molar-refractivity contribution in [1.82, 2.24) is 16.0 Å². The van der Waals surface area contributed by atoms with E-state index in [1.54, 1.807) is 12.1 Å². The maximum atomic E-state index is 12.3. The number of guanidine groups is 1. The topological polar surface area (TPSA) is 255 Å². The maximum Gasteiger partial charge on any atom is 0.326 e. The predicted octanol–water partition coefficient (Wildman–Crippen LogP) is -3.52. The first kappa shape index (κ1) is 28.1. The lowest BCUT2D eigenvalue weighted by Gasteiger charge is -2.19. The van der Waals surface area contributed by atoms with E-state index in [9.17, 15) is 34.5 Å². The first-order valence-corrected chi connectivity index (χ1v) is 10.3. The minimum Gasteiger partial charge on any atom is -0.508 e. The van der Waals surface area contributed by atoms with Crippen molar-refractivity contribution in [1.29, 1.82) is 0 Å². The van der Waals surface area contributed by atoms with Gasteiger partial charge in [0.05, 0.1) is 19.2 Å². The number of aliphatic carboxylic acids is 1.